The van der Waals surface area contributed by atoms with Gasteiger partial charge in [-0.05, 0) is 37.4 Å². The van der Waals surface area contributed by atoms with Crippen LogP contribution in [0.4, 0.5) is 0 Å². The Balaban J connectivity index is 3.56. The minimum absolute atomic E-state index is 0.188. The molecule has 0 aliphatic heterocycles. The molecule has 0 fully saturated rings. The van der Waals surface area contributed by atoms with Crippen LogP contribution in [0.3, 0.4) is 0 Å². The normalized spacial score (nSPS) is 11.3. The molecule has 0 radical (unpaired) electrons. The van der Waals surface area contributed by atoms with Crippen LogP contribution in [0, 0.1) is 5.41 Å². The maximum absolute atomic E-state index is 5.26. The first kappa shape index (κ1) is 17.6. The van der Waals surface area contributed by atoms with Crippen LogP contribution in [0.5, 0.6) is 0 Å². The van der Waals surface area contributed by atoms with Crippen LogP contribution in [0.2, 0.25) is 0 Å². The monoisotopic (exact) mass is 276 g/mol. The molecule has 5 heteroatoms. The summed E-state index contributed by atoms with van der Waals surface area (Å²) in [7, 11) is 1.73. The summed E-state index contributed by atoms with van der Waals surface area (Å²) in [5.41, 5.74) is 0.188. The van der Waals surface area contributed by atoms with Crippen LogP contribution in [0.1, 0.15) is 33.6 Å². The molecule has 0 amide bonds. The van der Waals surface area contributed by atoms with Crippen molar-refractivity contribution in [3.8, 4) is 0 Å². The van der Waals surface area contributed by atoms with E-state index in [2.05, 4.69) is 24.5 Å². The molecule has 0 aromatic carbocycles. The molecule has 0 rings (SSSR count). The lowest BCUT2D eigenvalue weighted by atomic mass is 9.90. The lowest BCUT2D eigenvalue weighted by Crippen LogP contribution is -2.41. The van der Waals surface area contributed by atoms with E-state index in [1.165, 1.54) is 0 Å². The van der Waals surface area contributed by atoms with Gasteiger partial charge in [-0.15, -0.1) is 0 Å². The number of rotatable bonds is 10. The second kappa shape index (κ2) is 10.5. The predicted octanol–water partition coefficient (Wildman–Crippen LogP) is 1.94. The number of methoxy groups -OCH3 is 1. The topological polar surface area (TPSA) is 42.5 Å². The van der Waals surface area contributed by atoms with E-state index in [1.807, 2.05) is 6.92 Å². The molecule has 18 heavy (non-hydrogen) atoms. The highest BCUT2D eigenvalue weighted by molar-refractivity contribution is 7.80. The van der Waals surface area contributed by atoms with Crippen LogP contribution < -0.4 is 10.6 Å². The van der Waals surface area contributed by atoms with Gasteiger partial charge in [0.15, 0.2) is 5.11 Å². The van der Waals surface area contributed by atoms with Gasteiger partial charge in [-0.3, -0.25) is 0 Å². The number of hydrogen-bond donors (Lipinski definition) is 2. The van der Waals surface area contributed by atoms with Gasteiger partial charge in [0, 0.05) is 40.0 Å². The molecule has 0 aliphatic rings. The molecule has 0 unspecified atom stereocenters. The third-order valence-corrected chi connectivity index (χ3v) is 2.95. The molecule has 0 aromatic heterocycles. The third-order valence-electron chi connectivity index (χ3n) is 2.67. The summed E-state index contributed by atoms with van der Waals surface area (Å²) in [5, 5.41) is 7.15. The van der Waals surface area contributed by atoms with E-state index in [0.29, 0.717) is 0 Å². The molecule has 0 aromatic rings. The van der Waals surface area contributed by atoms with Gasteiger partial charge in [-0.25, -0.2) is 0 Å². The highest BCUT2D eigenvalue weighted by atomic mass is 32.1. The SMILES string of the molecule is CCOCCCNC(=S)NCC(C)(C)CCOC. The average molecular weight is 276 g/mol. The molecule has 0 saturated heterocycles. The van der Waals surface area contributed by atoms with Gasteiger partial charge < -0.3 is 20.1 Å². The minimum Gasteiger partial charge on any atom is -0.385 e. The van der Waals surface area contributed by atoms with E-state index >= 15 is 0 Å². The molecule has 2 N–H and O–H groups in total. The highest BCUT2D eigenvalue weighted by Gasteiger charge is 2.17. The summed E-state index contributed by atoms with van der Waals surface area (Å²) >= 11 is 5.22. The summed E-state index contributed by atoms with van der Waals surface area (Å²) in [6.45, 7) is 10.5. The maximum Gasteiger partial charge on any atom is 0.166 e. The van der Waals surface area contributed by atoms with Crippen molar-refractivity contribution in [2.45, 2.75) is 33.6 Å². The van der Waals surface area contributed by atoms with Gasteiger partial charge in [0.1, 0.15) is 0 Å². The fourth-order valence-corrected chi connectivity index (χ4v) is 1.54. The Morgan fingerprint density at radius 2 is 1.94 bits per heavy atom. The Hall–Kier alpha value is -0.390. The first-order valence-corrected chi connectivity index (χ1v) is 7.01. The van der Waals surface area contributed by atoms with Crippen molar-refractivity contribution >= 4 is 17.3 Å². The van der Waals surface area contributed by atoms with Crippen molar-refractivity contribution in [1.29, 1.82) is 0 Å². The van der Waals surface area contributed by atoms with E-state index in [0.717, 1.165) is 50.9 Å². The summed E-state index contributed by atoms with van der Waals surface area (Å²) in [6.07, 6.45) is 1.99. The Kier molecular flexibility index (Phi) is 10.3. The molecular formula is C13H28N2O2S. The lowest BCUT2D eigenvalue weighted by molar-refractivity contribution is 0.145. The van der Waals surface area contributed by atoms with Crippen molar-refractivity contribution in [2.75, 3.05) is 40.0 Å². The zero-order valence-corrected chi connectivity index (χ0v) is 13.0. The average Bonchev–Trinajstić information content (AvgIpc) is 2.34. The second-order valence-electron chi connectivity index (χ2n) is 5.07. The molecule has 0 bridgehead atoms. The van der Waals surface area contributed by atoms with Crippen molar-refractivity contribution in [2.24, 2.45) is 5.41 Å². The maximum atomic E-state index is 5.26. The molecule has 108 valence electrons. The van der Waals surface area contributed by atoms with Crippen LogP contribution in [-0.4, -0.2) is 45.1 Å². The van der Waals surface area contributed by atoms with Gasteiger partial charge in [0.05, 0.1) is 0 Å². The van der Waals surface area contributed by atoms with Gasteiger partial charge >= 0.3 is 0 Å². The van der Waals surface area contributed by atoms with Crippen LogP contribution in [0.15, 0.2) is 0 Å². The van der Waals surface area contributed by atoms with E-state index in [1.54, 1.807) is 7.11 Å². The molecular weight excluding hydrogens is 248 g/mol. The standard InChI is InChI=1S/C13H28N2O2S/c1-5-17-9-6-8-14-12(18)15-11-13(2,3)7-10-16-4/h5-11H2,1-4H3,(H2,14,15,18). The Labute approximate surface area is 117 Å². The molecule has 0 saturated carbocycles. The van der Waals surface area contributed by atoms with Crippen LogP contribution in [-0.2, 0) is 9.47 Å². The van der Waals surface area contributed by atoms with Gasteiger partial charge in [0.25, 0.3) is 0 Å². The van der Waals surface area contributed by atoms with Crippen molar-refractivity contribution in [3.63, 3.8) is 0 Å². The number of nitrogens with one attached hydrogen (secondary N) is 2. The summed E-state index contributed by atoms with van der Waals surface area (Å²) in [5.74, 6) is 0. The fraction of sp³-hybridized carbons (Fsp3) is 0.923. The molecule has 0 heterocycles. The van der Waals surface area contributed by atoms with Gasteiger partial charge in [-0.2, -0.15) is 0 Å². The Bertz CT molecular complexity index is 223. The molecule has 4 nitrogen and oxygen atoms in total. The van der Waals surface area contributed by atoms with Crippen molar-refractivity contribution < 1.29 is 9.47 Å². The van der Waals surface area contributed by atoms with Crippen molar-refractivity contribution in [3.05, 3.63) is 0 Å². The Morgan fingerprint density at radius 3 is 2.56 bits per heavy atom. The third kappa shape index (κ3) is 10.7. The lowest BCUT2D eigenvalue weighted by Gasteiger charge is -2.25. The second-order valence-corrected chi connectivity index (χ2v) is 5.48. The smallest absolute Gasteiger partial charge is 0.166 e. The van der Waals surface area contributed by atoms with E-state index in [-0.39, 0.29) is 5.41 Å². The zero-order valence-electron chi connectivity index (χ0n) is 12.2. The summed E-state index contributed by atoms with van der Waals surface area (Å²) < 4.78 is 10.4. The van der Waals surface area contributed by atoms with Crippen LogP contribution >= 0.6 is 12.2 Å². The fourth-order valence-electron chi connectivity index (χ4n) is 1.37. The van der Waals surface area contributed by atoms with E-state index in [4.69, 9.17) is 21.7 Å². The first-order chi connectivity index (χ1) is 8.52. The largest absolute Gasteiger partial charge is 0.385 e. The van der Waals surface area contributed by atoms with E-state index < -0.39 is 0 Å². The van der Waals surface area contributed by atoms with Gasteiger partial charge in [-0.1, -0.05) is 13.8 Å². The molecule has 0 atom stereocenters. The first-order valence-electron chi connectivity index (χ1n) is 6.60. The zero-order chi connectivity index (χ0) is 13.9. The quantitative estimate of drug-likeness (QED) is 0.471. The van der Waals surface area contributed by atoms with Crippen molar-refractivity contribution in [1.82, 2.24) is 10.6 Å². The molecule has 0 aliphatic carbocycles. The minimum atomic E-state index is 0.188. The van der Waals surface area contributed by atoms with Gasteiger partial charge in [0.2, 0.25) is 0 Å². The highest BCUT2D eigenvalue weighted by Crippen LogP contribution is 2.18. The van der Waals surface area contributed by atoms with Crippen LogP contribution in [0.25, 0.3) is 0 Å². The summed E-state index contributed by atoms with van der Waals surface area (Å²) in [4.78, 5) is 0. The number of hydrogen-bond acceptors (Lipinski definition) is 3. The molecule has 0 spiro atoms. The summed E-state index contributed by atoms with van der Waals surface area (Å²) in [6, 6.07) is 0. The Morgan fingerprint density at radius 1 is 1.22 bits per heavy atom. The van der Waals surface area contributed by atoms with E-state index in [9.17, 15) is 0 Å². The number of ether oxygens (including phenoxy) is 2. The number of thiocarbonyl (C=S) groups is 1. The predicted molar refractivity (Wildman–Crippen MR) is 80.0 cm³/mol.